The van der Waals surface area contributed by atoms with Gasteiger partial charge in [-0.15, -0.1) is 0 Å². The molecule has 4 N–H and O–H groups in total. The Morgan fingerprint density at radius 3 is 2.73 bits per heavy atom. The fourth-order valence-electron chi connectivity index (χ4n) is 3.04. The van der Waals surface area contributed by atoms with Crippen LogP contribution in [-0.2, 0) is 0 Å². The highest BCUT2D eigenvalue weighted by molar-refractivity contribution is 7.71. The Kier molecular flexibility index (Phi) is 4.26. The molecule has 0 atom stereocenters. The van der Waals surface area contributed by atoms with Gasteiger partial charge in [0.05, 0.1) is 16.6 Å². The largest absolute Gasteiger partial charge is 0.396 e. The van der Waals surface area contributed by atoms with Gasteiger partial charge in [0.1, 0.15) is 5.82 Å². The highest BCUT2D eigenvalue weighted by atomic mass is 32.1. The molecule has 1 aliphatic carbocycles. The molecule has 0 aliphatic heterocycles. The predicted octanol–water partition coefficient (Wildman–Crippen LogP) is 2.65. The first-order valence-corrected chi connectivity index (χ1v) is 7.81. The van der Waals surface area contributed by atoms with Gasteiger partial charge in [0.2, 0.25) is 0 Å². The summed E-state index contributed by atoms with van der Waals surface area (Å²) >= 11 is 5.00. The number of H-pyrrole nitrogens is 2. The van der Waals surface area contributed by atoms with Crippen LogP contribution in [0.2, 0.25) is 0 Å². The lowest BCUT2D eigenvalue weighted by molar-refractivity contribution is 0.0915. The van der Waals surface area contributed by atoms with Crippen molar-refractivity contribution >= 4 is 29.2 Å². The molecule has 0 bridgehead atoms. The Bertz CT molecular complexity index is 747. The molecule has 0 unspecified atom stereocenters. The zero-order valence-corrected chi connectivity index (χ0v) is 12.8. The van der Waals surface area contributed by atoms with E-state index in [1.807, 2.05) is 0 Å². The zero-order valence-electron chi connectivity index (χ0n) is 12.0. The first kappa shape index (κ1) is 15.2. The molecule has 1 heterocycles. The van der Waals surface area contributed by atoms with Gasteiger partial charge < -0.3 is 20.4 Å². The van der Waals surface area contributed by atoms with Crippen LogP contribution in [0.25, 0.3) is 11.0 Å². The Balaban J connectivity index is 1.79. The summed E-state index contributed by atoms with van der Waals surface area (Å²) in [6.45, 7) is 0.200. The summed E-state index contributed by atoms with van der Waals surface area (Å²) in [5.41, 5.74) is 1.26. The third-order valence-electron chi connectivity index (χ3n) is 4.27. The zero-order chi connectivity index (χ0) is 15.7. The molecule has 1 aromatic heterocycles. The van der Waals surface area contributed by atoms with Crippen molar-refractivity contribution in [3.05, 3.63) is 28.3 Å². The van der Waals surface area contributed by atoms with E-state index in [0.717, 1.165) is 25.7 Å². The number of aromatic amines is 2. The lowest BCUT2D eigenvalue weighted by Gasteiger charge is -2.28. The highest BCUT2D eigenvalue weighted by Gasteiger charge is 2.23. The number of carbonyl (C=O) groups is 1. The summed E-state index contributed by atoms with van der Waals surface area (Å²) in [5.74, 6) is -0.455. The van der Waals surface area contributed by atoms with E-state index >= 15 is 0 Å². The summed E-state index contributed by atoms with van der Waals surface area (Å²) in [6.07, 6.45) is 3.45. The maximum absolute atomic E-state index is 13.7. The Morgan fingerprint density at radius 2 is 2.05 bits per heavy atom. The molecule has 1 fully saturated rings. The minimum absolute atomic E-state index is 0.0653. The molecule has 118 valence electrons. The van der Waals surface area contributed by atoms with E-state index in [-0.39, 0.29) is 24.1 Å². The number of aromatic nitrogens is 2. The fourth-order valence-corrected chi connectivity index (χ4v) is 3.25. The Morgan fingerprint density at radius 1 is 1.32 bits per heavy atom. The minimum Gasteiger partial charge on any atom is -0.396 e. The number of halogens is 1. The van der Waals surface area contributed by atoms with Gasteiger partial charge in [-0.2, -0.15) is 0 Å². The molecule has 1 saturated carbocycles. The number of carbonyl (C=O) groups excluding carboxylic acids is 1. The van der Waals surface area contributed by atoms with Gasteiger partial charge in [0.15, 0.2) is 4.77 Å². The Hall–Kier alpha value is -1.73. The van der Waals surface area contributed by atoms with Crippen LogP contribution in [0.1, 0.15) is 36.0 Å². The van der Waals surface area contributed by atoms with E-state index in [4.69, 9.17) is 17.3 Å². The van der Waals surface area contributed by atoms with E-state index < -0.39 is 5.82 Å². The van der Waals surface area contributed by atoms with Gasteiger partial charge in [-0.1, -0.05) is 0 Å². The fraction of sp³-hybridized carbons (Fsp3) is 0.467. The van der Waals surface area contributed by atoms with Crippen molar-refractivity contribution < 1.29 is 14.3 Å². The van der Waals surface area contributed by atoms with Crippen molar-refractivity contribution in [2.75, 3.05) is 6.61 Å². The number of hydrogen-bond acceptors (Lipinski definition) is 3. The first-order chi connectivity index (χ1) is 10.6. The standard InChI is InChI=1S/C15H18FN3O2S/c16-9-5-11(13-12(6-9)18-15(22)19-13)14(21)17-10-3-1-8(7-20)2-4-10/h5-6,8,10,20H,1-4,7H2,(H,17,21)(H2,18,19,22). The van der Waals surface area contributed by atoms with Crippen molar-refractivity contribution in [3.63, 3.8) is 0 Å². The van der Waals surface area contributed by atoms with Crippen LogP contribution >= 0.6 is 12.2 Å². The molecular weight excluding hydrogens is 305 g/mol. The van der Waals surface area contributed by atoms with E-state index in [1.54, 1.807) is 0 Å². The molecular formula is C15H18FN3O2S. The van der Waals surface area contributed by atoms with Gasteiger partial charge in [0.25, 0.3) is 5.91 Å². The summed E-state index contributed by atoms with van der Waals surface area (Å²) in [5, 5.41) is 12.1. The minimum atomic E-state index is -0.480. The van der Waals surface area contributed by atoms with Crippen LogP contribution in [-0.4, -0.2) is 33.6 Å². The van der Waals surface area contributed by atoms with Gasteiger partial charge in [-0.05, 0) is 56.0 Å². The van der Waals surface area contributed by atoms with E-state index in [1.165, 1.54) is 12.1 Å². The monoisotopic (exact) mass is 323 g/mol. The number of benzene rings is 1. The molecule has 0 spiro atoms. The second kappa shape index (κ2) is 6.18. The highest BCUT2D eigenvalue weighted by Crippen LogP contribution is 2.24. The van der Waals surface area contributed by atoms with Crippen molar-refractivity contribution in [1.82, 2.24) is 15.3 Å². The number of aliphatic hydroxyl groups is 1. The number of hydrogen-bond donors (Lipinski definition) is 4. The maximum atomic E-state index is 13.7. The molecule has 5 nitrogen and oxygen atoms in total. The molecule has 22 heavy (non-hydrogen) atoms. The number of imidazole rings is 1. The number of amides is 1. The second-order valence-corrected chi connectivity index (χ2v) is 6.24. The SMILES string of the molecule is O=C(NC1CCC(CO)CC1)c1cc(F)cc2[nH]c(=S)[nH]c12. The van der Waals surface area contributed by atoms with Gasteiger partial charge in [0, 0.05) is 12.6 Å². The quantitative estimate of drug-likeness (QED) is 0.656. The average molecular weight is 323 g/mol. The summed E-state index contributed by atoms with van der Waals surface area (Å²) in [6, 6.07) is 2.59. The summed E-state index contributed by atoms with van der Waals surface area (Å²) in [4.78, 5) is 18.2. The molecule has 1 aromatic carbocycles. The lowest BCUT2D eigenvalue weighted by atomic mass is 9.86. The second-order valence-electron chi connectivity index (χ2n) is 5.83. The van der Waals surface area contributed by atoms with Crippen LogP contribution in [0.15, 0.2) is 12.1 Å². The van der Waals surface area contributed by atoms with Crippen molar-refractivity contribution in [3.8, 4) is 0 Å². The van der Waals surface area contributed by atoms with Crippen LogP contribution in [0.4, 0.5) is 4.39 Å². The van der Waals surface area contributed by atoms with Crippen LogP contribution in [0.5, 0.6) is 0 Å². The van der Waals surface area contributed by atoms with Crippen molar-refractivity contribution in [1.29, 1.82) is 0 Å². The van der Waals surface area contributed by atoms with E-state index in [2.05, 4.69) is 15.3 Å². The summed E-state index contributed by atoms with van der Waals surface area (Å²) < 4.78 is 14.0. The van der Waals surface area contributed by atoms with E-state index in [0.29, 0.717) is 21.7 Å². The van der Waals surface area contributed by atoms with Crippen LogP contribution < -0.4 is 5.32 Å². The smallest absolute Gasteiger partial charge is 0.253 e. The van der Waals surface area contributed by atoms with Gasteiger partial charge in [-0.3, -0.25) is 4.79 Å². The number of rotatable bonds is 3. The first-order valence-electron chi connectivity index (χ1n) is 7.40. The molecule has 3 rings (SSSR count). The van der Waals surface area contributed by atoms with Crippen LogP contribution in [0.3, 0.4) is 0 Å². The van der Waals surface area contributed by atoms with Gasteiger partial charge in [-0.25, -0.2) is 4.39 Å². The molecule has 2 aromatic rings. The molecule has 1 aliphatic rings. The van der Waals surface area contributed by atoms with Gasteiger partial charge >= 0.3 is 0 Å². The van der Waals surface area contributed by atoms with Crippen molar-refractivity contribution in [2.45, 2.75) is 31.7 Å². The topological polar surface area (TPSA) is 80.9 Å². The van der Waals surface area contributed by atoms with Crippen molar-refractivity contribution in [2.24, 2.45) is 5.92 Å². The molecule has 0 radical (unpaired) electrons. The predicted molar refractivity (Wildman–Crippen MR) is 83.7 cm³/mol. The molecule has 0 saturated heterocycles. The lowest BCUT2D eigenvalue weighted by Crippen LogP contribution is -2.38. The average Bonchev–Trinajstić information content (AvgIpc) is 2.87. The van der Waals surface area contributed by atoms with Crippen LogP contribution in [0, 0.1) is 16.5 Å². The normalized spacial score (nSPS) is 21.9. The van der Waals surface area contributed by atoms with E-state index in [9.17, 15) is 9.18 Å². The number of nitrogens with one attached hydrogen (secondary N) is 3. The third kappa shape index (κ3) is 3.05. The number of fused-ring (bicyclic) bond motifs is 1. The number of aliphatic hydroxyl groups excluding tert-OH is 1. The Labute approximate surface area is 131 Å². The molecule has 1 amide bonds. The summed E-state index contributed by atoms with van der Waals surface area (Å²) in [7, 11) is 0. The molecule has 7 heteroatoms. The maximum Gasteiger partial charge on any atom is 0.253 e. The third-order valence-corrected chi connectivity index (χ3v) is 4.48.